The summed E-state index contributed by atoms with van der Waals surface area (Å²) < 4.78 is 16.2. The summed E-state index contributed by atoms with van der Waals surface area (Å²) in [6.45, 7) is 5.05. The molecule has 1 N–H and O–H groups in total. The molecule has 1 aromatic carbocycles. The lowest BCUT2D eigenvalue weighted by Crippen LogP contribution is -3.00. The minimum atomic E-state index is 0. The number of methoxy groups -OCH3 is 3. The first-order chi connectivity index (χ1) is 9.30. The second kappa shape index (κ2) is 9.95. The highest BCUT2D eigenvalue weighted by molar-refractivity contribution is 5.55. The number of nitrogens with zero attached hydrogens (tertiary/aromatic N) is 1. The van der Waals surface area contributed by atoms with E-state index >= 15 is 0 Å². The monoisotopic (exact) mass is 336 g/mol. The molecule has 0 aromatic heterocycles. The van der Waals surface area contributed by atoms with E-state index in [9.17, 15) is 0 Å². The smallest absolute Gasteiger partial charge is 0.203 e. The van der Waals surface area contributed by atoms with Crippen molar-refractivity contribution in [2.75, 3.05) is 47.5 Å². The van der Waals surface area contributed by atoms with Crippen molar-refractivity contribution in [1.82, 2.24) is 10.2 Å². The summed E-state index contributed by atoms with van der Waals surface area (Å²) in [6, 6.07) is 3.97. The van der Waals surface area contributed by atoms with Crippen molar-refractivity contribution in [2.24, 2.45) is 0 Å². The zero-order valence-electron chi connectivity index (χ0n) is 12.6. The predicted molar refractivity (Wildman–Crippen MR) is 74.2 cm³/mol. The molecule has 1 saturated heterocycles. The molecular formula is C14H22Cl2N2O3-2. The van der Waals surface area contributed by atoms with Crippen LogP contribution in [0, 0.1) is 0 Å². The van der Waals surface area contributed by atoms with Crippen molar-refractivity contribution in [3.8, 4) is 17.2 Å². The molecule has 2 rings (SSSR count). The lowest BCUT2D eigenvalue weighted by atomic mass is 10.1. The lowest BCUT2D eigenvalue weighted by Gasteiger charge is -2.28. The summed E-state index contributed by atoms with van der Waals surface area (Å²) in [5.74, 6) is 2.13. The van der Waals surface area contributed by atoms with Gasteiger partial charge in [-0.3, -0.25) is 4.90 Å². The van der Waals surface area contributed by atoms with E-state index in [1.54, 1.807) is 21.3 Å². The Bertz CT molecular complexity index is 427. The first kappa shape index (κ1) is 20.1. The Morgan fingerprint density at radius 1 is 0.952 bits per heavy atom. The SMILES string of the molecule is COc1ccc(CN2CCNCC2)c(OC)c1OC.[Cl-].[Cl-]. The third-order valence-electron chi connectivity index (χ3n) is 3.39. The van der Waals surface area contributed by atoms with Gasteiger partial charge in [0.25, 0.3) is 0 Å². The van der Waals surface area contributed by atoms with Gasteiger partial charge < -0.3 is 44.3 Å². The molecule has 0 radical (unpaired) electrons. The minimum Gasteiger partial charge on any atom is -1.00 e. The van der Waals surface area contributed by atoms with E-state index in [4.69, 9.17) is 14.2 Å². The standard InChI is InChI=1S/C14H22N2O3.2ClH/c1-17-12-5-4-11(13(18-2)14(12)19-3)10-16-8-6-15-7-9-16;;/h4-5,15H,6-10H2,1-3H3;2*1H/p-2. The van der Waals surface area contributed by atoms with Crippen LogP contribution in [0.2, 0.25) is 0 Å². The molecule has 0 atom stereocenters. The Kier molecular flexibility index (Phi) is 9.53. The number of hydrogen-bond donors (Lipinski definition) is 1. The summed E-state index contributed by atoms with van der Waals surface area (Å²) in [6.07, 6.45) is 0. The molecule has 0 aliphatic carbocycles. The summed E-state index contributed by atoms with van der Waals surface area (Å²) in [7, 11) is 4.93. The molecule has 7 heteroatoms. The molecule has 21 heavy (non-hydrogen) atoms. The number of ether oxygens (including phenoxy) is 3. The van der Waals surface area contributed by atoms with Crippen molar-refractivity contribution in [1.29, 1.82) is 0 Å². The molecular weight excluding hydrogens is 315 g/mol. The average Bonchev–Trinajstić information content (AvgIpc) is 2.47. The van der Waals surface area contributed by atoms with E-state index in [-0.39, 0.29) is 24.8 Å². The Labute approximate surface area is 138 Å². The second-order valence-electron chi connectivity index (χ2n) is 4.52. The van der Waals surface area contributed by atoms with Crippen LogP contribution in [0.5, 0.6) is 17.2 Å². The van der Waals surface area contributed by atoms with Crippen LogP contribution < -0.4 is 44.3 Å². The van der Waals surface area contributed by atoms with Crippen LogP contribution in [0.1, 0.15) is 5.56 Å². The van der Waals surface area contributed by atoms with Crippen molar-refractivity contribution in [3.05, 3.63) is 17.7 Å². The Hall–Kier alpha value is -0.880. The zero-order chi connectivity index (χ0) is 13.7. The molecule has 0 bridgehead atoms. The average molecular weight is 337 g/mol. The fraction of sp³-hybridized carbons (Fsp3) is 0.571. The predicted octanol–water partition coefficient (Wildman–Crippen LogP) is -4.87. The van der Waals surface area contributed by atoms with Gasteiger partial charge >= 0.3 is 0 Å². The topological polar surface area (TPSA) is 43.0 Å². The van der Waals surface area contributed by atoms with Crippen molar-refractivity contribution < 1.29 is 39.0 Å². The normalized spacial score (nSPS) is 14.6. The fourth-order valence-corrected chi connectivity index (χ4v) is 2.40. The number of benzene rings is 1. The third-order valence-corrected chi connectivity index (χ3v) is 3.39. The number of rotatable bonds is 5. The third kappa shape index (κ3) is 4.81. The highest BCUT2D eigenvalue weighted by atomic mass is 35.5. The summed E-state index contributed by atoms with van der Waals surface area (Å²) in [5, 5.41) is 3.35. The fourth-order valence-electron chi connectivity index (χ4n) is 2.40. The molecule has 0 unspecified atom stereocenters. The highest BCUT2D eigenvalue weighted by Crippen LogP contribution is 2.40. The van der Waals surface area contributed by atoms with Gasteiger partial charge in [-0.25, -0.2) is 0 Å². The molecule has 0 amide bonds. The molecule has 5 nitrogen and oxygen atoms in total. The molecule has 1 aromatic rings. The van der Waals surface area contributed by atoms with Gasteiger partial charge in [-0.1, -0.05) is 6.07 Å². The van der Waals surface area contributed by atoms with E-state index < -0.39 is 0 Å². The van der Waals surface area contributed by atoms with Crippen LogP contribution in [0.4, 0.5) is 0 Å². The first-order valence-electron chi connectivity index (χ1n) is 6.51. The van der Waals surface area contributed by atoms with Gasteiger partial charge in [-0.15, -0.1) is 0 Å². The van der Waals surface area contributed by atoms with E-state index in [0.29, 0.717) is 11.5 Å². The van der Waals surface area contributed by atoms with Gasteiger partial charge in [0.15, 0.2) is 11.5 Å². The van der Waals surface area contributed by atoms with E-state index in [1.165, 1.54) is 0 Å². The van der Waals surface area contributed by atoms with Crippen LogP contribution in [0.3, 0.4) is 0 Å². The summed E-state index contributed by atoms with van der Waals surface area (Å²) >= 11 is 0. The van der Waals surface area contributed by atoms with Gasteiger partial charge in [-0.2, -0.15) is 0 Å². The molecule has 1 aliphatic heterocycles. The molecule has 1 fully saturated rings. The van der Waals surface area contributed by atoms with E-state index in [1.807, 2.05) is 12.1 Å². The van der Waals surface area contributed by atoms with Crippen LogP contribution >= 0.6 is 0 Å². The van der Waals surface area contributed by atoms with Gasteiger partial charge in [0.05, 0.1) is 21.3 Å². The maximum absolute atomic E-state index is 5.50. The molecule has 0 spiro atoms. The maximum Gasteiger partial charge on any atom is 0.203 e. The Balaban J connectivity index is 0.00000200. The second-order valence-corrected chi connectivity index (χ2v) is 4.52. The summed E-state index contributed by atoms with van der Waals surface area (Å²) in [4.78, 5) is 2.40. The van der Waals surface area contributed by atoms with Crippen LogP contribution in [-0.2, 0) is 6.54 Å². The van der Waals surface area contributed by atoms with Gasteiger partial charge in [0.1, 0.15) is 0 Å². The number of nitrogens with one attached hydrogen (secondary N) is 1. The maximum atomic E-state index is 5.50. The van der Waals surface area contributed by atoms with Gasteiger partial charge in [0, 0.05) is 38.3 Å². The van der Waals surface area contributed by atoms with Gasteiger partial charge in [-0.05, 0) is 6.07 Å². The quantitative estimate of drug-likeness (QED) is 0.584. The van der Waals surface area contributed by atoms with Crippen LogP contribution in [0.25, 0.3) is 0 Å². The van der Waals surface area contributed by atoms with Crippen LogP contribution in [-0.4, -0.2) is 52.4 Å². The minimum absolute atomic E-state index is 0. The first-order valence-corrected chi connectivity index (χ1v) is 6.51. The number of hydrogen-bond acceptors (Lipinski definition) is 5. The van der Waals surface area contributed by atoms with E-state index in [2.05, 4.69) is 10.2 Å². The zero-order valence-corrected chi connectivity index (χ0v) is 14.1. The van der Waals surface area contributed by atoms with Crippen molar-refractivity contribution >= 4 is 0 Å². The van der Waals surface area contributed by atoms with Crippen molar-refractivity contribution in [3.63, 3.8) is 0 Å². The Morgan fingerprint density at radius 3 is 2.10 bits per heavy atom. The van der Waals surface area contributed by atoms with Crippen molar-refractivity contribution in [2.45, 2.75) is 6.54 Å². The lowest BCUT2D eigenvalue weighted by molar-refractivity contribution is -0.001000. The molecule has 0 saturated carbocycles. The number of piperazine rings is 1. The largest absolute Gasteiger partial charge is 1.00 e. The molecule has 1 aliphatic rings. The van der Waals surface area contributed by atoms with E-state index in [0.717, 1.165) is 44.0 Å². The van der Waals surface area contributed by atoms with Gasteiger partial charge in [0.2, 0.25) is 5.75 Å². The highest BCUT2D eigenvalue weighted by Gasteiger charge is 2.18. The number of halogens is 2. The molecule has 122 valence electrons. The molecule has 1 heterocycles. The Morgan fingerprint density at radius 2 is 1.57 bits per heavy atom. The van der Waals surface area contributed by atoms with Crippen LogP contribution in [0.15, 0.2) is 12.1 Å². The summed E-state index contributed by atoms with van der Waals surface area (Å²) in [5.41, 5.74) is 1.13.